The summed E-state index contributed by atoms with van der Waals surface area (Å²) in [5.74, 6) is 13.5. The van der Waals surface area contributed by atoms with Gasteiger partial charge in [-0.1, -0.05) is 43.7 Å². The fourth-order valence-corrected chi connectivity index (χ4v) is 1.99. The minimum atomic E-state index is 0.750. The number of hydrogen-bond acceptors (Lipinski definition) is 1. The summed E-state index contributed by atoms with van der Waals surface area (Å²) < 4.78 is 5.57. The molecule has 0 radical (unpaired) electrons. The van der Waals surface area contributed by atoms with Gasteiger partial charge in [0.25, 0.3) is 0 Å². The van der Waals surface area contributed by atoms with Crippen LogP contribution in [0.4, 0.5) is 0 Å². The van der Waals surface area contributed by atoms with Gasteiger partial charge < -0.3 is 4.74 Å². The fraction of sp³-hybridized carbons (Fsp3) is 0.273. The first-order valence-corrected chi connectivity index (χ1v) is 8.11. The molecule has 116 valence electrons. The molecule has 23 heavy (non-hydrogen) atoms. The lowest BCUT2D eigenvalue weighted by atomic mass is 10.1. The smallest absolute Gasteiger partial charge is 0.119 e. The van der Waals surface area contributed by atoms with Crippen LogP contribution in [0, 0.1) is 23.7 Å². The second-order valence-corrected chi connectivity index (χ2v) is 5.20. The second kappa shape index (κ2) is 9.39. The zero-order valence-electron chi connectivity index (χ0n) is 13.9. The number of ether oxygens (including phenoxy) is 1. The molecule has 0 fully saturated rings. The van der Waals surface area contributed by atoms with E-state index in [2.05, 4.69) is 61.8 Å². The van der Waals surface area contributed by atoms with Crippen LogP contribution in [0.15, 0.2) is 48.5 Å². The summed E-state index contributed by atoms with van der Waals surface area (Å²) in [7, 11) is 0. The highest BCUT2D eigenvalue weighted by Gasteiger charge is 1.93. The van der Waals surface area contributed by atoms with Crippen molar-refractivity contribution in [3.63, 3.8) is 0 Å². The SMILES string of the molecule is CCC#CCc1ccc(C#Cc2ccc(OCCC)cc2)cc1. The molecule has 1 heteroatoms. The Balaban J connectivity index is 1.98. The molecule has 2 rings (SSSR count). The van der Waals surface area contributed by atoms with Crippen molar-refractivity contribution < 1.29 is 4.74 Å². The first-order chi connectivity index (χ1) is 11.3. The molecular formula is C22H22O. The van der Waals surface area contributed by atoms with Crippen molar-refractivity contribution in [1.82, 2.24) is 0 Å². The Kier molecular flexibility index (Phi) is 6.83. The van der Waals surface area contributed by atoms with Crippen molar-refractivity contribution in [2.45, 2.75) is 33.1 Å². The third-order valence-electron chi connectivity index (χ3n) is 3.23. The van der Waals surface area contributed by atoms with Crippen molar-refractivity contribution in [2.75, 3.05) is 6.61 Å². The molecule has 0 heterocycles. The Morgan fingerprint density at radius 1 is 0.783 bits per heavy atom. The summed E-state index contributed by atoms with van der Waals surface area (Å²) in [6.07, 6.45) is 2.73. The first-order valence-electron chi connectivity index (χ1n) is 8.11. The van der Waals surface area contributed by atoms with Gasteiger partial charge in [-0.3, -0.25) is 0 Å². The summed E-state index contributed by atoms with van der Waals surface area (Å²) in [6.45, 7) is 4.91. The summed E-state index contributed by atoms with van der Waals surface area (Å²) in [5.41, 5.74) is 3.24. The van der Waals surface area contributed by atoms with E-state index in [4.69, 9.17) is 4.74 Å². The molecule has 0 N–H and O–H groups in total. The van der Waals surface area contributed by atoms with Crippen LogP contribution in [-0.4, -0.2) is 6.61 Å². The standard InChI is InChI=1S/C22H22O/c1-3-5-6-7-19-8-10-20(11-9-19)12-13-21-14-16-22(17-15-21)23-18-4-2/h8-11,14-17H,3-4,7,18H2,1-2H3. The van der Waals surface area contributed by atoms with Crippen LogP contribution >= 0.6 is 0 Å². The topological polar surface area (TPSA) is 9.23 Å². The van der Waals surface area contributed by atoms with E-state index < -0.39 is 0 Å². The highest BCUT2D eigenvalue weighted by atomic mass is 16.5. The van der Waals surface area contributed by atoms with Crippen LogP contribution < -0.4 is 4.74 Å². The van der Waals surface area contributed by atoms with Crippen LogP contribution in [0.2, 0.25) is 0 Å². The summed E-state index contributed by atoms with van der Waals surface area (Å²) in [4.78, 5) is 0. The van der Waals surface area contributed by atoms with Gasteiger partial charge in [0, 0.05) is 24.0 Å². The van der Waals surface area contributed by atoms with E-state index in [-0.39, 0.29) is 0 Å². The molecular weight excluding hydrogens is 280 g/mol. The van der Waals surface area contributed by atoms with E-state index in [1.165, 1.54) is 5.56 Å². The average Bonchev–Trinajstić information content (AvgIpc) is 2.60. The molecule has 0 amide bonds. The Morgan fingerprint density at radius 2 is 1.39 bits per heavy atom. The maximum atomic E-state index is 5.57. The number of hydrogen-bond donors (Lipinski definition) is 0. The van der Waals surface area contributed by atoms with E-state index in [0.29, 0.717) is 0 Å². The molecule has 0 aliphatic rings. The van der Waals surface area contributed by atoms with Crippen LogP contribution in [0.3, 0.4) is 0 Å². The first kappa shape index (κ1) is 16.7. The minimum Gasteiger partial charge on any atom is -0.494 e. The molecule has 1 nitrogen and oxygen atoms in total. The van der Waals surface area contributed by atoms with E-state index in [9.17, 15) is 0 Å². The maximum absolute atomic E-state index is 5.57. The normalized spacial score (nSPS) is 9.30. The van der Waals surface area contributed by atoms with Crippen molar-refractivity contribution in [3.8, 4) is 29.4 Å². The molecule has 0 aliphatic heterocycles. The van der Waals surface area contributed by atoms with Crippen LogP contribution in [-0.2, 0) is 6.42 Å². The molecule has 0 bridgehead atoms. The highest BCUT2D eigenvalue weighted by molar-refractivity contribution is 5.45. The van der Waals surface area contributed by atoms with Crippen molar-refractivity contribution in [2.24, 2.45) is 0 Å². The Hall–Kier alpha value is -2.64. The zero-order chi connectivity index (χ0) is 16.3. The van der Waals surface area contributed by atoms with Gasteiger partial charge in [0.15, 0.2) is 0 Å². The Labute approximate surface area is 139 Å². The van der Waals surface area contributed by atoms with Crippen molar-refractivity contribution in [1.29, 1.82) is 0 Å². The van der Waals surface area contributed by atoms with Gasteiger partial charge in [0.05, 0.1) is 6.61 Å². The quantitative estimate of drug-likeness (QED) is 0.735. The third-order valence-corrected chi connectivity index (χ3v) is 3.23. The largest absolute Gasteiger partial charge is 0.494 e. The van der Waals surface area contributed by atoms with Crippen molar-refractivity contribution in [3.05, 3.63) is 65.2 Å². The Bertz CT molecular complexity index is 716. The lowest BCUT2D eigenvalue weighted by Gasteiger charge is -2.03. The molecule has 0 saturated heterocycles. The zero-order valence-corrected chi connectivity index (χ0v) is 13.9. The molecule has 2 aromatic carbocycles. The van der Waals surface area contributed by atoms with Gasteiger partial charge in [-0.2, -0.15) is 0 Å². The van der Waals surface area contributed by atoms with Gasteiger partial charge >= 0.3 is 0 Å². The van der Waals surface area contributed by atoms with E-state index in [0.717, 1.165) is 42.7 Å². The van der Waals surface area contributed by atoms with Crippen LogP contribution in [0.5, 0.6) is 5.75 Å². The summed E-state index contributed by atoms with van der Waals surface area (Å²) >= 11 is 0. The van der Waals surface area contributed by atoms with Crippen LogP contribution in [0.1, 0.15) is 43.4 Å². The summed E-state index contributed by atoms with van der Waals surface area (Å²) in [5, 5.41) is 0. The summed E-state index contributed by atoms with van der Waals surface area (Å²) in [6, 6.07) is 16.2. The van der Waals surface area contributed by atoms with Crippen LogP contribution in [0.25, 0.3) is 0 Å². The van der Waals surface area contributed by atoms with Gasteiger partial charge in [-0.25, -0.2) is 0 Å². The molecule has 0 unspecified atom stereocenters. The van der Waals surface area contributed by atoms with Gasteiger partial charge in [-0.15, -0.1) is 5.92 Å². The molecule has 2 aromatic rings. The maximum Gasteiger partial charge on any atom is 0.119 e. The molecule has 0 aliphatic carbocycles. The number of benzene rings is 2. The van der Waals surface area contributed by atoms with Gasteiger partial charge in [-0.05, 0) is 48.4 Å². The molecule has 0 aromatic heterocycles. The van der Waals surface area contributed by atoms with E-state index in [1.807, 2.05) is 24.3 Å². The number of rotatable bonds is 4. The predicted octanol–water partition coefficient (Wildman–Crippen LogP) is 4.83. The monoisotopic (exact) mass is 302 g/mol. The molecule has 0 saturated carbocycles. The van der Waals surface area contributed by atoms with Crippen molar-refractivity contribution >= 4 is 0 Å². The third kappa shape index (κ3) is 5.93. The van der Waals surface area contributed by atoms with Gasteiger partial charge in [0.1, 0.15) is 5.75 Å². The minimum absolute atomic E-state index is 0.750. The molecule has 0 spiro atoms. The lowest BCUT2D eigenvalue weighted by molar-refractivity contribution is 0.317. The highest BCUT2D eigenvalue weighted by Crippen LogP contribution is 2.12. The molecule has 0 atom stereocenters. The lowest BCUT2D eigenvalue weighted by Crippen LogP contribution is -1.94. The Morgan fingerprint density at radius 3 is 1.96 bits per heavy atom. The average molecular weight is 302 g/mol. The fourth-order valence-electron chi connectivity index (χ4n) is 1.99. The predicted molar refractivity (Wildman–Crippen MR) is 96.4 cm³/mol. The second-order valence-electron chi connectivity index (χ2n) is 5.20. The van der Waals surface area contributed by atoms with E-state index in [1.54, 1.807) is 0 Å². The van der Waals surface area contributed by atoms with Gasteiger partial charge in [0.2, 0.25) is 0 Å². The van der Waals surface area contributed by atoms with E-state index >= 15 is 0 Å².